The van der Waals surface area contributed by atoms with Gasteiger partial charge in [0, 0.05) is 25.7 Å². The highest BCUT2D eigenvalue weighted by Crippen LogP contribution is 2.34. The summed E-state index contributed by atoms with van der Waals surface area (Å²) in [5.74, 6) is -0.770. The molecule has 1 heterocycles. The van der Waals surface area contributed by atoms with E-state index in [0.29, 0.717) is 13.0 Å². The van der Waals surface area contributed by atoms with E-state index in [-0.39, 0.29) is 24.0 Å². The van der Waals surface area contributed by atoms with Crippen LogP contribution in [0.5, 0.6) is 0 Å². The molecule has 2 aromatic carbocycles. The van der Waals surface area contributed by atoms with Gasteiger partial charge in [-0.2, -0.15) is 0 Å². The number of allylic oxidation sites excluding steroid dienone is 2. The summed E-state index contributed by atoms with van der Waals surface area (Å²) in [7, 11) is 1.75. The van der Waals surface area contributed by atoms with Gasteiger partial charge in [-0.25, -0.2) is 0 Å². The summed E-state index contributed by atoms with van der Waals surface area (Å²) in [6.45, 7) is 10.5. The molecule has 0 aliphatic carbocycles. The fraction of sp³-hybridized carbons (Fsp3) is 0.433. The van der Waals surface area contributed by atoms with Crippen LogP contribution in [0.25, 0.3) is 5.57 Å². The van der Waals surface area contributed by atoms with E-state index in [1.165, 1.54) is 5.56 Å². The fourth-order valence-corrected chi connectivity index (χ4v) is 4.66. The zero-order valence-electron chi connectivity index (χ0n) is 21.9. The molecule has 3 rings (SSSR count). The average Bonchev–Trinajstić information content (AvgIpc) is 3.31. The first-order chi connectivity index (χ1) is 16.5. The molecule has 1 aliphatic heterocycles. The number of para-hydroxylation sites is 1. The standard InChI is InChI=1S/C30H38N2O3/c1-21-14-16-23(17-15-21)22(2)19-25(33)20-26(30(3,4)5)28(34)32-18-10-13-27(32)29(35)31(6)24-11-8-7-9-12-24/h7-9,11-12,14-17,19,26-27H,10,13,18,20H2,1-6H3/b22-19+/t26-,27?/m1/s1. The van der Waals surface area contributed by atoms with Gasteiger partial charge in [0.2, 0.25) is 11.8 Å². The zero-order chi connectivity index (χ0) is 25.8. The molecule has 5 nitrogen and oxygen atoms in total. The van der Waals surface area contributed by atoms with E-state index in [0.717, 1.165) is 23.2 Å². The molecule has 35 heavy (non-hydrogen) atoms. The van der Waals surface area contributed by atoms with Crippen LogP contribution in [-0.2, 0) is 14.4 Å². The van der Waals surface area contributed by atoms with E-state index >= 15 is 0 Å². The fourth-order valence-electron chi connectivity index (χ4n) is 4.66. The highest BCUT2D eigenvalue weighted by atomic mass is 16.2. The van der Waals surface area contributed by atoms with E-state index in [1.807, 2.05) is 89.2 Å². The van der Waals surface area contributed by atoms with Gasteiger partial charge in [-0.1, -0.05) is 68.8 Å². The van der Waals surface area contributed by atoms with E-state index in [1.54, 1.807) is 22.9 Å². The molecule has 2 atom stereocenters. The molecular weight excluding hydrogens is 436 g/mol. The third-order valence-corrected chi connectivity index (χ3v) is 6.93. The zero-order valence-corrected chi connectivity index (χ0v) is 21.9. The number of hydrogen-bond donors (Lipinski definition) is 0. The van der Waals surface area contributed by atoms with Crippen LogP contribution in [0.1, 0.15) is 58.1 Å². The number of anilines is 1. The monoisotopic (exact) mass is 474 g/mol. The minimum atomic E-state index is -0.507. The molecule has 2 aromatic rings. The highest BCUT2D eigenvalue weighted by Gasteiger charge is 2.42. The first kappa shape index (κ1) is 26.4. The Bertz CT molecular complexity index is 1080. The Hall–Kier alpha value is -3.21. The number of nitrogens with zero attached hydrogens (tertiary/aromatic N) is 2. The highest BCUT2D eigenvalue weighted by molar-refractivity contribution is 6.01. The van der Waals surface area contributed by atoms with Crippen LogP contribution < -0.4 is 4.90 Å². The largest absolute Gasteiger partial charge is 0.330 e. The summed E-state index contributed by atoms with van der Waals surface area (Å²) in [6, 6.07) is 17.0. The number of benzene rings is 2. The summed E-state index contributed by atoms with van der Waals surface area (Å²) >= 11 is 0. The van der Waals surface area contributed by atoms with Crippen molar-refractivity contribution in [2.24, 2.45) is 11.3 Å². The number of rotatable bonds is 7. The number of aryl methyl sites for hydroxylation is 1. The maximum absolute atomic E-state index is 13.8. The van der Waals surface area contributed by atoms with Crippen LogP contribution in [0.4, 0.5) is 5.69 Å². The normalized spacial score (nSPS) is 17.3. The summed E-state index contributed by atoms with van der Waals surface area (Å²) in [4.78, 5) is 43.5. The van der Waals surface area contributed by atoms with Crippen molar-refractivity contribution >= 4 is 28.9 Å². The second-order valence-electron chi connectivity index (χ2n) is 10.7. The Kier molecular flexibility index (Phi) is 8.31. The average molecular weight is 475 g/mol. The summed E-state index contributed by atoms with van der Waals surface area (Å²) in [5, 5.41) is 0. The third-order valence-electron chi connectivity index (χ3n) is 6.93. The van der Waals surface area contributed by atoms with Crippen molar-refractivity contribution < 1.29 is 14.4 Å². The van der Waals surface area contributed by atoms with Gasteiger partial charge >= 0.3 is 0 Å². The van der Waals surface area contributed by atoms with E-state index in [2.05, 4.69) is 0 Å². The lowest BCUT2D eigenvalue weighted by molar-refractivity contribution is -0.145. The van der Waals surface area contributed by atoms with Crippen LogP contribution in [0.15, 0.2) is 60.7 Å². The lowest BCUT2D eigenvalue weighted by Crippen LogP contribution is -2.50. The Balaban J connectivity index is 1.77. The molecule has 1 saturated heterocycles. The predicted molar refractivity (Wildman–Crippen MR) is 142 cm³/mol. The van der Waals surface area contributed by atoms with Gasteiger partial charge in [0.25, 0.3) is 0 Å². The molecule has 0 bridgehead atoms. The lowest BCUT2D eigenvalue weighted by atomic mass is 9.76. The molecule has 1 unspecified atom stereocenters. The number of carbonyl (C=O) groups excluding carboxylic acids is 3. The number of hydrogen-bond acceptors (Lipinski definition) is 3. The summed E-state index contributed by atoms with van der Waals surface area (Å²) in [6.07, 6.45) is 3.19. The Morgan fingerprint density at radius 2 is 1.69 bits per heavy atom. The molecule has 0 spiro atoms. The van der Waals surface area contributed by atoms with Gasteiger partial charge in [-0.15, -0.1) is 0 Å². The first-order valence-electron chi connectivity index (χ1n) is 12.4. The minimum absolute atomic E-state index is 0.0696. The third kappa shape index (κ3) is 6.47. The van der Waals surface area contributed by atoms with Crippen molar-refractivity contribution in [2.45, 2.75) is 59.9 Å². The molecule has 0 aromatic heterocycles. The smallest absolute Gasteiger partial charge is 0.249 e. The van der Waals surface area contributed by atoms with Crippen LogP contribution in [0.2, 0.25) is 0 Å². The van der Waals surface area contributed by atoms with Crippen molar-refractivity contribution in [3.8, 4) is 0 Å². The maximum atomic E-state index is 13.8. The van der Waals surface area contributed by atoms with Crippen molar-refractivity contribution in [1.82, 2.24) is 4.90 Å². The van der Waals surface area contributed by atoms with Crippen molar-refractivity contribution in [3.05, 3.63) is 71.8 Å². The predicted octanol–water partition coefficient (Wildman–Crippen LogP) is 5.67. The molecule has 5 heteroatoms. The van der Waals surface area contributed by atoms with Crippen molar-refractivity contribution in [2.75, 3.05) is 18.5 Å². The van der Waals surface area contributed by atoms with Crippen LogP contribution in [0.3, 0.4) is 0 Å². The number of ketones is 1. The van der Waals surface area contributed by atoms with Crippen LogP contribution in [0, 0.1) is 18.3 Å². The second-order valence-corrected chi connectivity index (χ2v) is 10.7. The molecule has 2 amide bonds. The molecule has 1 aliphatic rings. The molecule has 0 N–H and O–H groups in total. The number of amides is 2. The Morgan fingerprint density at radius 1 is 1.06 bits per heavy atom. The molecule has 0 radical (unpaired) electrons. The summed E-state index contributed by atoms with van der Waals surface area (Å²) < 4.78 is 0. The minimum Gasteiger partial charge on any atom is -0.330 e. The topological polar surface area (TPSA) is 57.7 Å². The van der Waals surface area contributed by atoms with Gasteiger partial charge in [0.15, 0.2) is 5.78 Å². The van der Waals surface area contributed by atoms with Crippen molar-refractivity contribution in [3.63, 3.8) is 0 Å². The van der Waals surface area contributed by atoms with Gasteiger partial charge in [-0.3, -0.25) is 14.4 Å². The van der Waals surface area contributed by atoms with Gasteiger partial charge in [0.1, 0.15) is 6.04 Å². The van der Waals surface area contributed by atoms with E-state index < -0.39 is 17.4 Å². The quantitative estimate of drug-likeness (QED) is 0.486. The Morgan fingerprint density at radius 3 is 2.29 bits per heavy atom. The second kappa shape index (κ2) is 11.0. The molecule has 186 valence electrons. The van der Waals surface area contributed by atoms with Crippen LogP contribution >= 0.6 is 0 Å². The SMILES string of the molecule is C/C(=C\C(=O)C[C@H](C(=O)N1CCCC1C(=O)N(C)c1ccccc1)C(C)(C)C)c1ccc(C)cc1. The molecule has 1 fully saturated rings. The first-order valence-corrected chi connectivity index (χ1v) is 12.4. The molecule has 0 saturated carbocycles. The molecular formula is C30H38N2O3. The van der Waals surface area contributed by atoms with Gasteiger partial charge < -0.3 is 9.80 Å². The van der Waals surface area contributed by atoms with Gasteiger partial charge in [-0.05, 0) is 61.4 Å². The summed E-state index contributed by atoms with van der Waals surface area (Å²) in [5.41, 5.74) is 3.43. The Labute approximate surface area is 209 Å². The number of carbonyl (C=O) groups is 3. The van der Waals surface area contributed by atoms with Gasteiger partial charge in [0.05, 0.1) is 5.92 Å². The van der Waals surface area contributed by atoms with Crippen molar-refractivity contribution in [1.29, 1.82) is 0 Å². The van der Waals surface area contributed by atoms with E-state index in [9.17, 15) is 14.4 Å². The van der Waals surface area contributed by atoms with E-state index in [4.69, 9.17) is 0 Å². The lowest BCUT2D eigenvalue weighted by Gasteiger charge is -2.35. The number of likely N-dealkylation sites (tertiary alicyclic amines) is 1. The number of likely N-dealkylation sites (N-methyl/N-ethyl adjacent to an activating group) is 1. The maximum Gasteiger partial charge on any atom is 0.249 e. The van der Waals surface area contributed by atoms with Crippen LogP contribution in [-0.4, -0.2) is 42.1 Å².